The van der Waals surface area contributed by atoms with Crippen molar-refractivity contribution in [1.82, 2.24) is 9.62 Å². The zero-order valence-corrected chi connectivity index (χ0v) is 14.5. The molecule has 0 atom stereocenters. The van der Waals surface area contributed by atoms with Crippen LogP contribution in [0.15, 0.2) is 24.3 Å². The monoisotopic (exact) mass is 339 g/mol. The summed E-state index contributed by atoms with van der Waals surface area (Å²) in [6.45, 7) is 4.65. The molecule has 0 aliphatic carbocycles. The predicted octanol–water partition coefficient (Wildman–Crippen LogP) is 2.18. The van der Waals surface area contributed by atoms with Crippen molar-refractivity contribution in [3.05, 3.63) is 29.8 Å². The molecule has 2 amide bonds. The second-order valence-corrected chi connectivity index (χ2v) is 7.98. The lowest BCUT2D eigenvalue weighted by Gasteiger charge is -2.31. The van der Waals surface area contributed by atoms with Gasteiger partial charge in [0, 0.05) is 24.8 Å². The van der Waals surface area contributed by atoms with Crippen molar-refractivity contribution >= 4 is 21.7 Å². The number of hydrogen-bond donors (Lipinski definition) is 2. The molecule has 1 fully saturated rings. The number of nitrogens with zero attached hydrogens (tertiary/aromatic N) is 1. The number of sulfonamides is 1. The van der Waals surface area contributed by atoms with E-state index >= 15 is 0 Å². The molecule has 1 aromatic rings. The van der Waals surface area contributed by atoms with Crippen LogP contribution >= 0.6 is 0 Å². The SMILES string of the molecule is CCc1cccc(NC(=O)NC2CCN(S(=O)(=O)CC)CC2)c1. The summed E-state index contributed by atoms with van der Waals surface area (Å²) in [6, 6.07) is 7.52. The number of urea groups is 1. The third-order valence-electron chi connectivity index (χ3n) is 4.14. The molecular formula is C16H25N3O3S. The Morgan fingerprint density at radius 1 is 1.26 bits per heavy atom. The van der Waals surface area contributed by atoms with Gasteiger partial charge in [0.2, 0.25) is 10.0 Å². The van der Waals surface area contributed by atoms with Gasteiger partial charge in [-0.1, -0.05) is 19.1 Å². The topological polar surface area (TPSA) is 78.5 Å². The highest BCUT2D eigenvalue weighted by Gasteiger charge is 2.27. The van der Waals surface area contributed by atoms with Gasteiger partial charge in [0.05, 0.1) is 5.75 Å². The minimum Gasteiger partial charge on any atom is -0.335 e. The van der Waals surface area contributed by atoms with Crippen LogP contribution in [-0.2, 0) is 16.4 Å². The van der Waals surface area contributed by atoms with Crippen LogP contribution in [0.25, 0.3) is 0 Å². The third kappa shape index (κ3) is 4.94. The Kier molecular flexibility index (Phi) is 6.01. The number of piperidine rings is 1. The van der Waals surface area contributed by atoms with Crippen molar-refractivity contribution < 1.29 is 13.2 Å². The van der Waals surface area contributed by atoms with Crippen LogP contribution in [-0.4, -0.2) is 43.6 Å². The zero-order chi connectivity index (χ0) is 16.9. The van der Waals surface area contributed by atoms with Gasteiger partial charge in [0.15, 0.2) is 0 Å². The minimum atomic E-state index is -3.12. The average molecular weight is 339 g/mol. The molecule has 128 valence electrons. The van der Waals surface area contributed by atoms with Crippen LogP contribution in [0.4, 0.5) is 10.5 Å². The molecule has 1 heterocycles. The Hall–Kier alpha value is -1.60. The minimum absolute atomic E-state index is 0.00710. The predicted molar refractivity (Wildman–Crippen MR) is 92.0 cm³/mol. The largest absolute Gasteiger partial charge is 0.335 e. The van der Waals surface area contributed by atoms with Gasteiger partial charge in [0.25, 0.3) is 0 Å². The second-order valence-electron chi connectivity index (χ2n) is 5.73. The summed E-state index contributed by atoms with van der Waals surface area (Å²) in [6.07, 6.45) is 2.20. The fourth-order valence-corrected chi connectivity index (χ4v) is 3.81. The van der Waals surface area contributed by atoms with E-state index in [9.17, 15) is 13.2 Å². The highest BCUT2D eigenvalue weighted by atomic mass is 32.2. The number of rotatable bonds is 5. The van der Waals surface area contributed by atoms with Crippen molar-refractivity contribution in [3.63, 3.8) is 0 Å². The Bertz CT molecular complexity index is 638. The molecule has 23 heavy (non-hydrogen) atoms. The fourth-order valence-electron chi connectivity index (χ4n) is 2.68. The van der Waals surface area contributed by atoms with E-state index in [1.54, 1.807) is 6.92 Å². The molecule has 0 saturated carbocycles. The molecule has 0 spiro atoms. The van der Waals surface area contributed by atoms with Crippen LogP contribution in [0.5, 0.6) is 0 Å². The first-order valence-corrected chi connectivity index (χ1v) is 9.69. The maximum atomic E-state index is 12.1. The van der Waals surface area contributed by atoms with Crippen molar-refractivity contribution in [1.29, 1.82) is 0 Å². The maximum Gasteiger partial charge on any atom is 0.319 e. The van der Waals surface area contributed by atoms with E-state index in [-0.39, 0.29) is 17.8 Å². The number of anilines is 1. The zero-order valence-electron chi connectivity index (χ0n) is 13.7. The lowest BCUT2D eigenvalue weighted by atomic mass is 10.1. The van der Waals surface area contributed by atoms with Crippen LogP contribution in [0.3, 0.4) is 0 Å². The number of amides is 2. The molecule has 0 radical (unpaired) electrons. The molecule has 0 unspecified atom stereocenters. The first-order chi connectivity index (χ1) is 10.9. The van der Waals surface area contributed by atoms with Crippen LogP contribution in [0, 0.1) is 0 Å². The van der Waals surface area contributed by atoms with Gasteiger partial charge in [-0.3, -0.25) is 0 Å². The highest BCUT2D eigenvalue weighted by Crippen LogP contribution is 2.15. The number of benzene rings is 1. The van der Waals surface area contributed by atoms with Crippen LogP contribution in [0.1, 0.15) is 32.3 Å². The van der Waals surface area contributed by atoms with Crippen LogP contribution < -0.4 is 10.6 Å². The first kappa shape index (κ1) is 17.7. The van der Waals surface area contributed by atoms with Gasteiger partial charge in [0.1, 0.15) is 0 Å². The third-order valence-corrected chi connectivity index (χ3v) is 6.02. The summed E-state index contributed by atoms with van der Waals surface area (Å²) in [5.74, 6) is 0.124. The van der Waals surface area contributed by atoms with Gasteiger partial charge in [-0.15, -0.1) is 0 Å². The molecule has 2 N–H and O–H groups in total. The summed E-state index contributed by atoms with van der Waals surface area (Å²) < 4.78 is 25.1. The molecule has 1 saturated heterocycles. The molecule has 2 rings (SSSR count). The van der Waals surface area contributed by atoms with E-state index in [0.29, 0.717) is 25.9 Å². The molecule has 1 aromatic carbocycles. The summed E-state index contributed by atoms with van der Waals surface area (Å²) in [5, 5.41) is 5.76. The van der Waals surface area contributed by atoms with Crippen molar-refractivity contribution in [2.75, 3.05) is 24.2 Å². The summed E-state index contributed by atoms with van der Waals surface area (Å²) >= 11 is 0. The number of aryl methyl sites for hydroxylation is 1. The van der Waals surface area contributed by atoms with Crippen molar-refractivity contribution in [2.24, 2.45) is 0 Å². The summed E-state index contributed by atoms with van der Waals surface area (Å²) in [7, 11) is -3.12. The molecular weight excluding hydrogens is 314 g/mol. The maximum absolute atomic E-state index is 12.1. The van der Waals surface area contributed by atoms with Crippen molar-refractivity contribution in [3.8, 4) is 0 Å². The van der Waals surface area contributed by atoms with Gasteiger partial charge >= 0.3 is 6.03 Å². The summed E-state index contributed by atoms with van der Waals surface area (Å²) in [4.78, 5) is 12.1. The Balaban J connectivity index is 1.83. The van der Waals surface area contributed by atoms with E-state index in [1.807, 2.05) is 24.3 Å². The van der Waals surface area contributed by atoms with E-state index in [2.05, 4.69) is 17.6 Å². The quantitative estimate of drug-likeness (QED) is 0.863. The standard InChI is InChI=1S/C16H25N3O3S/c1-3-13-6-5-7-15(12-13)18-16(20)17-14-8-10-19(11-9-14)23(21,22)4-2/h5-7,12,14H,3-4,8-11H2,1-2H3,(H2,17,18,20). The van der Waals surface area contributed by atoms with Gasteiger partial charge < -0.3 is 10.6 Å². The smallest absolute Gasteiger partial charge is 0.319 e. The molecule has 0 bridgehead atoms. The van der Waals surface area contributed by atoms with E-state index in [0.717, 1.165) is 12.1 Å². The lowest BCUT2D eigenvalue weighted by Crippen LogP contribution is -2.47. The molecule has 6 nitrogen and oxygen atoms in total. The Morgan fingerprint density at radius 2 is 1.96 bits per heavy atom. The average Bonchev–Trinajstić information content (AvgIpc) is 2.55. The van der Waals surface area contributed by atoms with Crippen LogP contribution in [0.2, 0.25) is 0 Å². The molecule has 1 aliphatic rings. The normalized spacial score (nSPS) is 17.0. The molecule has 7 heteroatoms. The number of hydrogen-bond acceptors (Lipinski definition) is 3. The second kappa shape index (κ2) is 7.79. The van der Waals surface area contributed by atoms with E-state index < -0.39 is 10.0 Å². The molecule has 0 aromatic heterocycles. The number of nitrogens with one attached hydrogen (secondary N) is 2. The fraction of sp³-hybridized carbons (Fsp3) is 0.562. The van der Waals surface area contributed by atoms with Gasteiger partial charge in [-0.2, -0.15) is 0 Å². The Morgan fingerprint density at radius 3 is 2.57 bits per heavy atom. The van der Waals surface area contributed by atoms with Crippen molar-refractivity contribution in [2.45, 2.75) is 39.2 Å². The van der Waals surface area contributed by atoms with E-state index in [4.69, 9.17) is 0 Å². The highest BCUT2D eigenvalue weighted by molar-refractivity contribution is 7.89. The first-order valence-electron chi connectivity index (χ1n) is 8.09. The molecule has 1 aliphatic heterocycles. The van der Waals surface area contributed by atoms with Gasteiger partial charge in [-0.25, -0.2) is 17.5 Å². The van der Waals surface area contributed by atoms with Gasteiger partial charge in [-0.05, 0) is 43.9 Å². The number of carbonyl (C=O) groups is 1. The summed E-state index contributed by atoms with van der Waals surface area (Å²) in [5.41, 5.74) is 1.94. The lowest BCUT2D eigenvalue weighted by molar-refractivity contribution is 0.238. The Labute approximate surface area is 138 Å². The number of carbonyl (C=O) groups excluding carboxylic acids is 1. The van der Waals surface area contributed by atoms with E-state index in [1.165, 1.54) is 9.87 Å².